The Bertz CT molecular complexity index is 1120. The second kappa shape index (κ2) is 11.6. The molecule has 2 aromatic carbocycles. The van der Waals surface area contributed by atoms with Crippen LogP contribution in [0.5, 0.6) is 0 Å². The molecule has 3 rings (SSSR count). The van der Waals surface area contributed by atoms with Gasteiger partial charge >= 0.3 is 0 Å². The first-order valence-corrected chi connectivity index (χ1v) is 12.7. The number of hydrogen-bond acceptors (Lipinski definition) is 6. The van der Waals surface area contributed by atoms with Crippen molar-refractivity contribution >= 4 is 35.4 Å². The van der Waals surface area contributed by atoms with Gasteiger partial charge in [0.05, 0.1) is 11.9 Å². The number of carbonyl (C=O) groups excluding carboxylic acids is 4. The summed E-state index contributed by atoms with van der Waals surface area (Å²) in [6.07, 6.45) is -1.42. The van der Waals surface area contributed by atoms with E-state index in [2.05, 4.69) is 10.6 Å². The molecule has 1 aliphatic rings. The van der Waals surface area contributed by atoms with Crippen LogP contribution in [0.4, 0.5) is 0 Å². The van der Waals surface area contributed by atoms with Crippen LogP contribution >= 0.6 is 11.8 Å². The van der Waals surface area contributed by atoms with Gasteiger partial charge in [0.25, 0.3) is 11.8 Å². The summed E-state index contributed by atoms with van der Waals surface area (Å²) in [6, 6.07) is 13.3. The van der Waals surface area contributed by atoms with Crippen LogP contribution in [0, 0.1) is 0 Å². The molecule has 0 aliphatic carbocycles. The highest BCUT2D eigenvalue weighted by Crippen LogP contribution is 2.24. The Morgan fingerprint density at radius 3 is 2.39 bits per heavy atom. The van der Waals surface area contributed by atoms with Crippen LogP contribution in [-0.2, 0) is 16.0 Å². The quantitative estimate of drug-likeness (QED) is 0.420. The summed E-state index contributed by atoms with van der Waals surface area (Å²) in [7, 11) is 0. The Balaban J connectivity index is 1.82. The van der Waals surface area contributed by atoms with Crippen LogP contribution < -0.4 is 16.4 Å². The molecule has 0 aromatic heterocycles. The fraction of sp³-hybridized carbons (Fsp3) is 0.385. The average molecular weight is 513 g/mol. The molecule has 2 aromatic rings. The number of rotatable bonds is 8. The van der Waals surface area contributed by atoms with Crippen molar-refractivity contribution in [3.8, 4) is 0 Å². The molecule has 1 saturated heterocycles. The SMILES string of the molecule is CC(C)(C)NC(=O)C1CSCN1C(=O)[C@@H](O)[C@H](Cc1ccccc1)NC(=O)c1cccc(C(N)=O)c1. The van der Waals surface area contributed by atoms with Crippen LogP contribution in [0.15, 0.2) is 54.6 Å². The van der Waals surface area contributed by atoms with E-state index in [1.54, 1.807) is 0 Å². The van der Waals surface area contributed by atoms with Gasteiger partial charge < -0.3 is 26.4 Å². The average Bonchev–Trinajstić information content (AvgIpc) is 3.32. The molecule has 4 amide bonds. The highest BCUT2D eigenvalue weighted by atomic mass is 32.2. The minimum atomic E-state index is -1.60. The lowest BCUT2D eigenvalue weighted by Crippen LogP contribution is -2.57. The zero-order chi connectivity index (χ0) is 26.5. The standard InChI is InChI=1S/C26H32N4O5S/c1-26(2,3)29-24(34)20-14-36-15-30(20)25(35)21(31)19(12-16-8-5-4-6-9-16)28-23(33)18-11-7-10-17(13-18)22(27)32/h4-11,13,19-21,31H,12,14-15H2,1-3H3,(H2,27,32)(H,28,33)(H,29,34)/t19-,20?,21-/m0/s1. The largest absolute Gasteiger partial charge is 0.381 e. The Hall–Kier alpha value is -3.37. The fourth-order valence-corrected chi connectivity index (χ4v) is 5.01. The number of thioether (sulfide) groups is 1. The Kier molecular flexibility index (Phi) is 8.75. The maximum Gasteiger partial charge on any atom is 0.254 e. The van der Waals surface area contributed by atoms with E-state index >= 15 is 0 Å². The Morgan fingerprint density at radius 2 is 1.75 bits per heavy atom. The van der Waals surface area contributed by atoms with E-state index in [1.165, 1.54) is 40.9 Å². The molecule has 192 valence electrons. The summed E-state index contributed by atoms with van der Waals surface area (Å²) < 4.78 is 0. The van der Waals surface area contributed by atoms with Gasteiger partial charge in [-0.25, -0.2) is 0 Å². The number of amides is 4. The molecule has 9 nitrogen and oxygen atoms in total. The fourth-order valence-electron chi connectivity index (χ4n) is 3.85. The minimum Gasteiger partial charge on any atom is -0.381 e. The Morgan fingerprint density at radius 1 is 1.08 bits per heavy atom. The topological polar surface area (TPSA) is 142 Å². The van der Waals surface area contributed by atoms with E-state index in [1.807, 2.05) is 51.1 Å². The molecule has 1 heterocycles. The van der Waals surface area contributed by atoms with Crippen molar-refractivity contribution < 1.29 is 24.3 Å². The molecule has 0 spiro atoms. The van der Waals surface area contributed by atoms with Crippen LogP contribution in [0.25, 0.3) is 0 Å². The van der Waals surface area contributed by atoms with Gasteiger partial charge in [0.15, 0.2) is 6.10 Å². The first-order valence-electron chi connectivity index (χ1n) is 11.6. The molecule has 5 N–H and O–H groups in total. The van der Waals surface area contributed by atoms with Gasteiger partial charge in [-0.15, -0.1) is 11.8 Å². The highest BCUT2D eigenvalue weighted by Gasteiger charge is 2.40. The van der Waals surface area contributed by atoms with Crippen molar-refractivity contribution in [3.63, 3.8) is 0 Å². The first-order chi connectivity index (χ1) is 17.0. The van der Waals surface area contributed by atoms with Gasteiger partial charge in [-0.2, -0.15) is 0 Å². The van der Waals surface area contributed by atoms with Gasteiger partial charge in [0, 0.05) is 22.4 Å². The summed E-state index contributed by atoms with van der Waals surface area (Å²) in [5.41, 5.74) is 5.99. The van der Waals surface area contributed by atoms with E-state index in [0.717, 1.165) is 5.56 Å². The van der Waals surface area contributed by atoms with Crippen molar-refractivity contribution in [2.24, 2.45) is 5.73 Å². The predicted octanol–water partition coefficient (Wildman–Crippen LogP) is 1.30. The van der Waals surface area contributed by atoms with Gasteiger partial charge in [-0.05, 0) is 51.0 Å². The predicted molar refractivity (Wildman–Crippen MR) is 138 cm³/mol. The molecule has 0 saturated carbocycles. The molecule has 3 atom stereocenters. The molecule has 0 radical (unpaired) electrons. The number of aliphatic hydroxyl groups excluding tert-OH is 1. The summed E-state index contributed by atoms with van der Waals surface area (Å²) in [6.45, 7) is 5.56. The van der Waals surface area contributed by atoms with E-state index in [-0.39, 0.29) is 29.3 Å². The van der Waals surface area contributed by atoms with Crippen LogP contribution in [0.3, 0.4) is 0 Å². The number of benzene rings is 2. The van der Waals surface area contributed by atoms with Crippen LogP contribution in [0.2, 0.25) is 0 Å². The van der Waals surface area contributed by atoms with Crippen molar-refractivity contribution in [2.75, 3.05) is 11.6 Å². The van der Waals surface area contributed by atoms with Gasteiger partial charge in [-0.3, -0.25) is 19.2 Å². The number of carbonyl (C=O) groups is 4. The smallest absolute Gasteiger partial charge is 0.254 e. The van der Waals surface area contributed by atoms with E-state index in [9.17, 15) is 24.3 Å². The third-order valence-electron chi connectivity index (χ3n) is 5.62. The number of nitrogens with one attached hydrogen (secondary N) is 2. The number of aliphatic hydroxyl groups is 1. The lowest BCUT2D eigenvalue weighted by molar-refractivity contribution is -0.146. The second-order valence-corrected chi connectivity index (χ2v) is 10.7. The van der Waals surface area contributed by atoms with Gasteiger partial charge in [-0.1, -0.05) is 36.4 Å². The van der Waals surface area contributed by atoms with Gasteiger partial charge in [0.1, 0.15) is 6.04 Å². The van der Waals surface area contributed by atoms with Crippen molar-refractivity contribution in [3.05, 3.63) is 71.3 Å². The number of nitrogens with two attached hydrogens (primary N) is 1. The lowest BCUT2D eigenvalue weighted by Gasteiger charge is -2.31. The molecular formula is C26H32N4O5S. The molecule has 1 aliphatic heterocycles. The summed E-state index contributed by atoms with van der Waals surface area (Å²) in [5, 5.41) is 16.8. The summed E-state index contributed by atoms with van der Waals surface area (Å²) in [5.74, 6) is -1.50. The Labute approximate surface area is 214 Å². The van der Waals surface area contributed by atoms with Crippen molar-refractivity contribution in [1.29, 1.82) is 0 Å². The maximum atomic E-state index is 13.4. The maximum absolute atomic E-state index is 13.4. The minimum absolute atomic E-state index is 0.167. The molecule has 1 fully saturated rings. The zero-order valence-corrected chi connectivity index (χ0v) is 21.4. The first kappa shape index (κ1) is 27.2. The number of hydrogen-bond donors (Lipinski definition) is 4. The lowest BCUT2D eigenvalue weighted by atomic mass is 9.99. The van der Waals surface area contributed by atoms with Crippen molar-refractivity contribution in [1.82, 2.24) is 15.5 Å². The third-order valence-corrected chi connectivity index (χ3v) is 6.64. The van der Waals surface area contributed by atoms with Crippen LogP contribution in [0.1, 0.15) is 47.1 Å². The van der Waals surface area contributed by atoms with E-state index < -0.39 is 41.4 Å². The third kappa shape index (κ3) is 7.08. The van der Waals surface area contributed by atoms with E-state index in [0.29, 0.717) is 5.75 Å². The number of nitrogens with zero attached hydrogens (tertiary/aromatic N) is 1. The number of primary amides is 1. The summed E-state index contributed by atoms with van der Waals surface area (Å²) >= 11 is 1.42. The molecular weight excluding hydrogens is 480 g/mol. The zero-order valence-electron chi connectivity index (χ0n) is 20.6. The van der Waals surface area contributed by atoms with Crippen molar-refractivity contribution in [2.45, 2.75) is 50.9 Å². The second-order valence-electron chi connectivity index (χ2n) is 9.72. The highest BCUT2D eigenvalue weighted by molar-refractivity contribution is 7.99. The normalized spacial score (nSPS) is 17.2. The van der Waals surface area contributed by atoms with E-state index in [4.69, 9.17) is 5.73 Å². The monoisotopic (exact) mass is 512 g/mol. The van der Waals surface area contributed by atoms with Gasteiger partial charge in [0.2, 0.25) is 11.8 Å². The van der Waals surface area contributed by atoms with Crippen LogP contribution in [-0.4, -0.2) is 69.0 Å². The molecule has 1 unspecified atom stereocenters. The molecule has 10 heteroatoms. The molecule has 36 heavy (non-hydrogen) atoms. The summed E-state index contributed by atoms with van der Waals surface area (Å²) in [4.78, 5) is 52.1. The molecule has 0 bridgehead atoms.